The van der Waals surface area contributed by atoms with Crippen LogP contribution in [0.3, 0.4) is 0 Å². The Labute approximate surface area is 169 Å². The number of amides is 1. The molecule has 2 aromatic carbocycles. The van der Waals surface area contributed by atoms with Gasteiger partial charge >= 0.3 is 0 Å². The third-order valence-electron chi connectivity index (χ3n) is 4.01. The monoisotopic (exact) mass is 422 g/mol. The molecule has 2 aromatic rings. The smallest absolute Gasteiger partial charge is 0.240 e. The van der Waals surface area contributed by atoms with Crippen LogP contribution >= 0.6 is 11.8 Å². The van der Waals surface area contributed by atoms with Gasteiger partial charge < -0.3 is 14.8 Å². The van der Waals surface area contributed by atoms with Crippen LogP contribution in [0, 0.1) is 0 Å². The van der Waals surface area contributed by atoms with Crippen molar-refractivity contribution in [1.82, 2.24) is 5.32 Å². The lowest BCUT2D eigenvalue weighted by atomic mass is 10.2. The maximum absolute atomic E-state index is 12.3. The highest BCUT2D eigenvalue weighted by Crippen LogP contribution is 2.36. The molecule has 9 heteroatoms. The number of thioether (sulfide) groups is 1. The first kappa shape index (κ1) is 20.3. The molecule has 0 bridgehead atoms. The predicted molar refractivity (Wildman–Crippen MR) is 110 cm³/mol. The van der Waals surface area contributed by atoms with E-state index in [-0.39, 0.29) is 19.2 Å². The Morgan fingerprint density at radius 2 is 1.89 bits per heavy atom. The van der Waals surface area contributed by atoms with Gasteiger partial charge in [0.15, 0.2) is 11.5 Å². The van der Waals surface area contributed by atoms with Gasteiger partial charge in [-0.05, 0) is 17.7 Å². The lowest BCUT2D eigenvalue weighted by molar-refractivity contribution is -0.119. The molecular weight excluding hydrogens is 400 g/mol. The number of nitrogens with one attached hydrogen (secondary N) is 1. The van der Waals surface area contributed by atoms with Crippen LogP contribution in [-0.4, -0.2) is 46.2 Å². The normalized spacial score (nSPS) is 12.6. The van der Waals surface area contributed by atoms with Crippen LogP contribution in [0.2, 0.25) is 0 Å². The maximum atomic E-state index is 12.3. The molecule has 0 saturated heterocycles. The Morgan fingerprint density at radius 1 is 1.14 bits per heavy atom. The number of ether oxygens (including phenoxy) is 2. The topological polar surface area (TPSA) is 84.9 Å². The predicted octanol–water partition coefficient (Wildman–Crippen LogP) is 2.23. The number of carbonyl (C=O) groups is 1. The second kappa shape index (κ2) is 9.20. The fourth-order valence-corrected chi connectivity index (χ4v) is 4.32. The van der Waals surface area contributed by atoms with Crippen molar-refractivity contribution in [2.75, 3.05) is 36.2 Å². The van der Waals surface area contributed by atoms with E-state index >= 15 is 0 Å². The Kier molecular flexibility index (Phi) is 6.69. The summed E-state index contributed by atoms with van der Waals surface area (Å²) in [6.45, 7) is 0.274. The summed E-state index contributed by atoms with van der Waals surface area (Å²) < 4.78 is 35.9. The fraction of sp³-hybridized carbons (Fsp3) is 0.316. The van der Waals surface area contributed by atoms with E-state index in [9.17, 15) is 13.2 Å². The number of carbonyl (C=O) groups excluding carboxylic acids is 1. The molecule has 0 aliphatic carbocycles. The maximum Gasteiger partial charge on any atom is 0.240 e. The molecule has 0 spiro atoms. The first-order chi connectivity index (χ1) is 13.4. The van der Waals surface area contributed by atoms with Crippen molar-refractivity contribution >= 4 is 33.4 Å². The van der Waals surface area contributed by atoms with Gasteiger partial charge in [0.2, 0.25) is 22.7 Å². The SMILES string of the molecule is CS(=O)(=O)N(CC(=O)NCCSCc1ccccc1)c1ccc2c(c1)OCO2. The highest BCUT2D eigenvalue weighted by Gasteiger charge is 2.23. The van der Waals surface area contributed by atoms with Crippen molar-refractivity contribution in [3.63, 3.8) is 0 Å². The molecule has 0 radical (unpaired) electrons. The van der Waals surface area contributed by atoms with Crippen molar-refractivity contribution in [2.24, 2.45) is 0 Å². The molecule has 1 amide bonds. The van der Waals surface area contributed by atoms with Gasteiger partial charge in [0.05, 0.1) is 11.9 Å². The number of sulfonamides is 1. The Hall–Kier alpha value is -2.39. The van der Waals surface area contributed by atoms with Gasteiger partial charge in [-0.2, -0.15) is 11.8 Å². The van der Waals surface area contributed by atoms with Crippen molar-refractivity contribution in [3.05, 3.63) is 54.1 Å². The van der Waals surface area contributed by atoms with Crippen LogP contribution in [0.15, 0.2) is 48.5 Å². The minimum Gasteiger partial charge on any atom is -0.454 e. The van der Waals surface area contributed by atoms with Crippen molar-refractivity contribution in [3.8, 4) is 11.5 Å². The average molecular weight is 423 g/mol. The molecular formula is C19H22N2O5S2. The standard InChI is InChI=1S/C19H22N2O5S2/c1-28(23,24)21(16-7-8-17-18(11-16)26-14-25-17)12-19(22)20-9-10-27-13-15-5-3-2-4-6-15/h2-8,11H,9-10,12-14H2,1H3,(H,20,22). The molecule has 7 nitrogen and oxygen atoms in total. The molecule has 1 heterocycles. The van der Waals surface area contributed by atoms with Crippen LogP contribution in [0.5, 0.6) is 11.5 Å². The average Bonchev–Trinajstić information content (AvgIpc) is 3.13. The summed E-state index contributed by atoms with van der Waals surface area (Å²) >= 11 is 1.71. The number of anilines is 1. The Balaban J connectivity index is 1.51. The van der Waals surface area contributed by atoms with Crippen LogP contribution < -0.4 is 19.1 Å². The van der Waals surface area contributed by atoms with Gasteiger partial charge in [0.25, 0.3) is 0 Å². The summed E-state index contributed by atoms with van der Waals surface area (Å²) in [6, 6.07) is 14.9. The van der Waals surface area contributed by atoms with E-state index < -0.39 is 10.0 Å². The quantitative estimate of drug-likeness (QED) is 0.624. The van der Waals surface area contributed by atoms with Gasteiger partial charge in [-0.3, -0.25) is 9.10 Å². The summed E-state index contributed by atoms with van der Waals surface area (Å²) in [7, 11) is -3.63. The third-order valence-corrected chi connectivity index (χ3v) is 6.18. The zero-order valence-corrected chi connectivity index (χ0v) is 17.1. The van der Waals surface area contributed by atoms with E-state index in [1.807, 2.05) is 18.2 Å². The first-order valence-corrected chi connectivity index (χ1v) is 11.7. The summed E-state index contributed by atoms with van der Waals surface area (Å²) in [5.74, 6) is 2.26. The zero-order chi connectivity index (χ0) is 20.0. The Morgan fingerprint density at radius 3 is 2.64 bits per heavy atom. The number of rotatable bonds is 9. The van der Waals surface area contributed by atoms with Gasteiger partial charge in [-0.1, -0.05) is 30.3 Å². The summed E-state index contributed by atoms with van der Waals surface area (Å²) in [6.07, 6.45) is 1.07. The van der Waals surface area contributed by atoms with Gasteiger partial charge in [-0.15, -0.1) is 0 Å². The minimum absolute atomic E-state index is 0.0960. The molecule has 1 N–H and O–H groups in total. The van der Waals surface area contributed by atoms with E-state index in [0.717, 1.165) is 22.1 Å². The molecule has 28 heavy (non-hydrogen) atoms. The molecule has 0 saturated carbocycles. The summed E-state index contributed by atoms with van der Waals surface area (Å²) in [5, 5.41) is 2.77. The largest absolute Gasteiger partial charge is 0.454 e. The number of hydrogen-bond donors (Lipinski definition) is 1. The van der Waals surface area contributed by atoms with E-state index in [1.54, 1.807) is 30.0 Å². The molecule has 0 unspecified atom stereocenters. The minimum atomic E-state index is -3.63. The molecule has 3 rings (SSSR count). The number of nitrogens with zero attached hydrogens (tertiary/aromatic N) is 1. The van der Waals surface area contributed by atoms with Gasteiger partial charge in [0, 0.05) is 24.1 Å². The zero-order valence-electron chi connectivity index (χ0n) is 15.5. The highest BCUT2D eigenvalue weighted by molar-refractivity contribution is 7.98. The Bertz CT molecular complexity index is 919. The molecule has 0 atom stereocenters. The molecule has 0 aromatic heterocycles. The highest BCUT2D eigenvalue weighted by atomic mass is 32.2. The van der Waals surface area contributed by atoms with Crippen molar-refractivity contribution in [2.45, 2.75) is 5.75 Å². The first-order valence-electron chi connectivity index (χ1n) is 8.69. The number of benzene rings is 2. The van der Waals surface area contributed by atoms with E-state index in [1.165, 1.54) is 5.56 Å². The van der Waals surface area contributed by atoms with E-state index in [2.05, 4.69) is 17.4 Å². The van der Waals surface area contributed by atoms with E-state index in [4.69, 9.17) is 9.47 Å². The third kappa shape index (κ3) is 5.56. The van der Waals surface area contributed by atoms with E-state index in [0.29, 0.717) is 23.7 Å². The lowest BCUT2D eigenvalue weighted by Crippen LogP contribution is -2.41. The van der Waals surface area contributed by atoms with Crippen molar-refractivity contribution in [1.29, 1.82) is 0 Å². The van der Waals surface area contributed by atoms with Crippen LogP contribution in [0.1, 0.15) is 5.56 Å². The van der Waals surface area contributed by atoms with Gasteiger partial charge in [0.1, 0.15) is 6.54 Å². The van der Waals surface area contributed by atoms with Crippen LogP contribution in [0.25, 0.3) is 0 Å². The number of fused-ring (bicyclic) bond motifs is 1. The number of hydrogen-bond acceptors (Lipinski definition) is 6. The molecule has 1 aliphatic heterocycles. The molecule has 0 fully saturated rings. The van der Waals surface area contributed by atoms with Crippen LogP contribution in [-0.2, 0) is 20.6 Å². The molecule has 1 aliphatic rings. The lowest BCUT2D eigenvalue weighted by Gasteiger charge is -2.22. The van der Waals surface area contributed by atoms with Crippen LogP contribution in [0.4, 0.5) is 5.69 Å². The van der Waals surface area contributed by atoms with Crippen molar-refractivity contribution < 1.29 is 22.7 Å². The molecule has 150 valence electrons. The summed E-state index contributed by atoms with van der Waals surface area (Å²) in [4.78, 5) is 12.3. The second-order valence-corrected chi connectivity index (χ2v) is 9.21. The fourth-order valence-electron chi connectivity index (χ4n) is 2.65. The summed E-state index contributed by atoms with van der Waals surface area (Å²) in [5.41, 5.74) is 1.59. The van der Waals surface area contributed by atoms with Gasteiger partial charge in [-0.25, -0.2) is 8.42 Å². The second-order valence-electron chi connectivity index (χ2n) is 6.20.